The topological polar surface area (TPSA) is 110 Å². The molecule has 2 heterocycles. The highest BCUT2D eigenvalue weighted by Gasteiger charge is 2.30. The summed E-state index contributed by atoms with van der Waals surface area (Å²) in [6.07, 6.45) is 4.98. The lowest BCUT2D eigenvalue weighted by Gasteiger charge is -2.16. The Kier molecular flexibility index (Phi) is 6.08. The summed E-state index contributed by atoms with van der Waals surface area (Å²) in [5.74, 6) is -0.484. The van der Waals surface area contributed by atoms with E-state index in [1.54, 1.807) is 27.9 Å². The van der Waals surface area contributed by atoms with Crippen molar-refractivity contribution in [3.63, 3.8) is 0 Å². The van der Waals surface area contributed by atoms with Gasteiger partial charge in [-0.1, -0.05) is 19.1 Å². The van der Waals surface area contributed by atoms with Crippen molar-refractivity contribution in [2.45, 2.75) is 38.8 Å². The number of nitrogens with zero attached hydrogens (tertiary/aromatic N) is 3. The van der Waals surface area contributed by atoms with Crippen LogP contribution in [0, 0.1) is 0 Å². The molecule has 3 N–H and O–H groups in total. The quantitative estimate of drug-likeness (QED) is 0.713. The predicted octanol–water partition coefficient (Wildman–Crippen LogP) is 1.17. The first kappa shape index (κ1) is 19.6. The molecule has 8 heteroatoms. The van der Waals surface area contributed by atoms with Crippen LogP contribution < -0.4 is 11.1 Å². The third-order valence-corrected chi connectivity index (χ3v) is 4.72. The number of nitrogens with two attached hydrogens (primary N) is 1. The Balaban J connectivity index is 1.65. The number of carbonyl (C=O) groups is 3. The molecule has 0 radical (unpaired) electrons. The summed E-state index contributed by atoms with van der Waals surface area (Å²) in [6, 6.07) is 7.09. The molecule has 0 saturated carbocycles. The van der Waals surface area contributed by atoms with Gasteiger partial charge < -0.3 is 16.0 Å². The smallest absolute Gasteiger partial charge is 0.251 e. The van der Waals surface area contributed by atoms with Crippen LogP contribution in [0.25, 0.3) is 11.1 Å². The molecule has 1 aromatic carbocycles. The highest BCUT2D eigenvalue weighted by Crippen LogP contribution is 2.20. The first-order chi connectivity index (χ1) is 13.5. The van der Waals surface area contributed by atoms with Gasteiger partial charge in [-0.25, -0.2) is 0 Å². The molecule has 1 atom stereocenters. The van der Waals surface area contributed by atoms with Crippen LogP contribution in [0.5, 0.6) is 0 Å². The fourth-order valence-corrected chi connectivity index (χ4v) is 3.32. The molecule has 148 valence electrons. The van der Waals surface area contributed by atoms with Gasteiger partial charge in [-0.15, -0.1) is 0 Å². The summed E-state index contributed by atoms with van der Waals surface area (Å²) in [6.45, 7) is 3.73. The number of carbonyl (C=O) groups excluding carboxylic acids is 3. The summed E-state index contributed by atoms with van der Waals surface area (Å²) in [5, 5.41) is 7.18. The number of hydrogen-bond acceptors (Lipinski definition) is 4. The maximum absolute atomic E-state index is 12.6. The number of aromatic nitrogens is 2. The average molecular weight is 383 g/mol. The van der Waals surface area contributed by atoms with Crippen LogP contribution in [0.3, 0.4) is 0 Å². The normalized spacial score (nSPS) is 16.4. The lowest BCUT2D eigenvalue weighted by molar-refractivity contribution is -0.127. The van der Waals surface area contributed by atoms with Crippen LogP contribution >= 0.6 is 0 Å². The van der Waals surface area contributed by atoms with Gasteiger partial charge in [-0.05, 0) is 24.1 Å². The van der Waals surface area contributed by atoms with Crippen LogP contribution in [0.4, 0.5) is 0 Å². The Morgan fingerprint density at radius 2 is 2.11 bits per heavy atom. The van der Waals surface area contributed by atoms with E-state index in [2.05, 4.69) is 10.4 Å². The van der Waals surface area contributed by atoms with Crippen LogP contribution in [0.2, 0.25) is 0 Å². The minimum atomic E-state index is -0.376. The summed E-state index contributed by atoms with van der Waals surface area (Å²) in [4.78, 5) is 37.3. The largest absolute Gasteiger partial charge is 0.370 e. The van der Waals surface area contributed by atoms with Crippen molar-refractivity contribution in [2.24, 2.45) is 5.73 Å². The summed E-state index contributed by atoms with van der Waals surface area (Å²) >= 11 is 0. The Hall–Kier alpha value is -3.16. The zero-order valence-corrected chi connectivity index (χ0v) is 15.9. The standard InChI is InChI=1S/C20H25N5O3/c1-2-7-24-13-17(10-19(24)27)23-20(28)15-5-3-4-14(9-15)16-11-22-25(12-16)8-6-18(21)26/h3-5,9,11-12,17H,2,6-8,10,13H2,1H3,(H2,21,26)(H,23,28). The number of nitrogens with one attached hydrogen (secondary N) is 1. The van der Waals surface area contributed by atoms with Crippen LogP contribution in [-0.2, 0) is 16.1 Å². The van der Waals surface area contributed by atoms with Gasteiger partial charge in [0.2, 0.25) is 11.8 Å². The van der Waals surface area contributed by atoms with Crippen molar-refractivity contribution >= 4 is 17.7 Å². The molecule has 1 unspecified atom stereocenters. The molecule has 2 aromatic rings. The Morgan fingerprint density at radius 1 is 1.29 bits per heavy atom. The summed E-state index contributed by atoms with van der Waals surface area (Å²) < 4.78 is 1.65. The van der Waals surface area contributed by atoms with Gasteiger partial charge in [0.05, 0.1) is 12.2 Å². The number of likely N-dealkylation sites (tertiary alicyclic amines) is 1. The van der Waals surface area contributed by atoms with E-state index in [0.29, 0.717) is 25.1 Å². The molecule has 1 saturated heterocycles. The van der Waals surface area contributed by atoms with Crippen molar-refractivity contribution in [3.05, 3.63) is 42.2 Å². The van der Waals surface area contributed by atoms with Gasteiger partial charge in [-0.2, -0.15) is 5.10 Å². The number of hydrogen-bond donors (Lipinski definition) is 2. The fourth-order valence-electron chi connectivity index (χ4n) is 3.32. The van der Waals surface area contributed by atoms with E-state index in [-0.39, 0.29) is 30.2 Å². The van der Waals surface area contributed by atoms with E-state index in [1.165, 1.54) is 0 Å². The molecule has 0 bridgehead atoms. The Morgan fingerprint density at radius 3 is 2.86 bits per heavy atom. The summed E-state index contributed by atoms with van der Waals surface area (Å²) in [7, 11) is 0. The van der Waals surface area contributed by atoms with Crippen molar-refractivity contribution in [1.29, 1.82) is 0 Å². The van der Waals surface area contributed by atoms with E-state index in [4.69, 9.17) is 5.73 Å². The maximum Gasteiger partial charge on any atom is 0.251 e. The molecule has 3 rings (SSSR count). The lowest BCUT2D eigenvalue weighted by Crippen LogP contribution is -2.37. The number of rotatable bonds is 8. The number of benzene rings is 1. The molecule has 3 amide bonds. The van der Waals surface area contributed by atoms with Crippen LogP contribution in [0.15, 0.2) is 36.7 Å². The van der Waals surface area contributed by atoms with Crippen LogP contribution in [-0.4, -0.2) is 51.5 Å². The molecule has 1 aliphatic rings. The van der Waals surface area contributed by atoms with Crippen molar-refractivity contribution in [2.75, 3.05) is 13.1 Å². The second-order valence-electron chi connectivity index (χ2n) is 7.00. The number of amides is 3. The highest BCUT2D eigenvalue weighted by atomic mass is 16.2. The third kappa shape index (κ3) is 4.76. The van der Waals surface area contributed by atoms with Crippen molar-refractivity contribution in [1.82, 2.24) is 20.0 Å². The maximum atomic E-state index is 12.6. The molecule has 1 fully saturated rings. The zero-order chi connectivity index (χ0) is 20.1. The van der Waals surface area contributed by atoms with E-state index in [1.807, 2.05) is 25.3 Å². The van der Waals surface area contributed by atoms with Crippen molar-refractivity contribution < 1.29 is 14.4 Å². The predicted molar refractivity (Wildman–Crippen MR) is 104 cm³/mol. The SMILES string of the molecule is CCCN1CC(NC(=O)c2cccc(-c3cnn(CCC(N)=O)c3)c2)CC1=O. The second-order valence-corrected chi connectivity index (χ2v) is 7.00. The fraction of sp³-hybridized carbons (Fsp3) is 0.400. The highest BCUT2D eigenvalue weighted by molar-refractivity contribution is 5.96. The van der Waals surface area contributed by atoms with Crippen LogP contribution in [0.1, 0.15) is 36.5 Å². The van der Waals surface area contributed by atoms with Gasteiger partial charge in [0.15, 0.2) is 0 Å². The van der Waals surface area contributed by atoms with Gasteiger partial charge in [-0.3, -0.25) is 19.1 Å². The minimum Gasteiger partial charge on any atom is -0.370 e. The Bertz CT molecular complexity index is 876. The van der Waals surface area contributed by atoms with E-state index in [0.717, 1.165) is 24.1 Å². The summed E-state index contributed by atoms with van der Waals surface area (Å²) in [5.41, 5.74) is 7.40. The average Bonchev–Trinajstić information content (AvgIpc) is 3.27. The first-order valence-corrected chi connectivity index (χ1v) is 9.46. The minimum absolute atomic E-state index is 0.0873. The van der Waals surface area contributed by atoms with E-state index < -0.39 is 0 Å². The molecule has 1 aliphatic heterocycles. The molecule has 0 spiro atoms. The monoisotopic (exact) mass is 383 g/mol. The molecular formula is C20H25N5O3. The van der Waals surface area contributed by atoms with Gasteiger partial charge in [0.1, 0.15) is 0 Å². The second kappa shape index (κ2) is 8.69. The Labute approximate surface area is 163 Å². The lowest BCUT2D eigenvalue weighted by atomic mass is 10.1. The first-order valence-electron chi connectivity index (χ1n) is 9.46. The van der Waals surface area contributed by atoms with Gasteiger partial charge in [0.25, 0.3) is 5.91 Å². The van der Waals surface area contributed by atoms with E-state index >= 15 is 0 Å². The zero-order valence-electron chi connectivity index (χ0n) is 15.9. The molecule has 28 heavy (non-hydrogen) atoms. The number of aryl methyl sites for hydroxylation is 1. The van der Waals surface area contributed by atoms with Gasteiger partial charge in [0, 0.05) is 49.8 Å². The molecule has 8 nitrogen and oxygen atoms in total. The van der Waals surface area contributed by atoms with E-state index in [9.17, 15) is 14.4 Å². The molecular weight excluding hydrogens is 358 g/mol. The number of primary amides is 1. The molecule has 1 aromatic heterocycles. The third-order valence-electron chi connectivity index (χ3n) is 4.72. The van der Waals surface area contributed by atoms with Crippen molar-refractivity contribution in [3.8, 4) is 11.1 Å². The van der Waals surface area contributed by atoms with Gasteiger partial charge >= 0.3 is 0 Å². The molecule has 0 aliphatic carbocycles.